The van der Waals surface area contributed by atoms with E-state index in [1.165, 1.54) is 24.8 Å². The lowest BCUT2D eigenvalue weighted by molar-refractivity contribution is 0.572. The lowest BCUT2D eigenvalue weighted by Gasteiger charge is -2.28. The van der Waals surface area contributed by atoms with Crippen LogP contribution in [0.25, 0.3) is 0 Å². The fraction of sp³-hybridized carbons (Fsp3) is 0.643. The highest BCUT2D eigenvalue weighted by atomic mass is 15.2. The van der Waals surface area contributed by atoms with E-state index in [-0.39, 0.29) is 6.04 Å². The third-order valence-corrected chi connectivity index (χ3v) is 3.63. The smallest absolute Gasteiger partial charge is 0.128 e. The molecule has 1 aliphatic heterocycles. The van der Waals surface area contributed by atoms with Crippen molar-refractivity contribution in [3.63, 3.8) is 0 Å². The minimum absolute atomic E-state index is 0.123. The molecule has 1 aromatic heterocycles. The van der Waals surface area contributed by atoms with Crippen molar-refractivity contribution < 1.29 is 0 Å². The molecule has 0 amide bonds. The maximum atomic E-state index is 6.07. The molecule has 3 heteroatoms. The van der Waals surface area contributed by atoms with Crippen molar-refractivity contribution in [1.29, 1.82) is 0 Å². The molecule has 1 saturated heterocycles. The molecule has 17 heavy (non-hydrogen) atoms. The summed E-state index contributed by atoms with van der Waals surface area (Å²) in [6, 6.07) is 4.40. The Labute approximate surface area is 104 Å². The number of hydrogen-bond donors (Lipinski definition) is 1. The Balaban J connectivity index is 2.17. The SMILES string of the molecule is CC[C@@H](N)c1ccc(N2CCCCC2)nc1C. The summed E-state index contributed by atoms with van der Waals surface area (Å²) in [5.74, 6) is 1.12. The van der Waals surface area contributed by atoms with Crippen molar-refractivity contribution in [3.05, 3.63) is 23.4 Å². The average Bonchev–Trinajstić information content (AvgIpc) is 2.39. The molecule has 0 saturated carbocycles. The molecule has 0 spiro atoms. The van der Waals surface area contributed by atoms with Gasteiger partial charge in [-0.15, -0.1) is 0 Å². The van der Waals surface area contributed by atoms with Crippen LogP contribution in [-0.4, -0.2) is 18.1 Å². The second kappa shape index (κ2) is 5.50. The zero-order valence-electron chi connectivity index (χ0n) is 10.9. The highest BCUT2D eigenvalue weighted by Crippen LogP contribution is 2.22. The molecule has 3 nitrogen and oxygen atoms in total. The number of hydrogen-bond acceptors (Lipinski definition) is 3. The van der Waals surface area contributed by atoms with Gasteiger partial charge in [-0.25, -0.2) is 4.98 Å². The molecule has 1 aliphatic rings. The Hall–Kier alpha value is -1.09. The summed E-state index contributed by atoms with van der Waals surface area (Å²) in [7, 11) is 0. The van der Waals surface area contributed by atoms with E-state index in [2.05, 4.69) is 30.9 Å². The lowest BCUT2D eigenvalue weighted by atomic mass is 10.0. The minimum atomic E-state index is 0.123. The van der Waals surface area contributed by atoms with Crippen LogP contribution in [0.4, 0.5) is 5.82 Å². The number of pyridine rings is 1. The Bertz CT molecular complexity index is 370. The molecule has 0 radical (unpaired) electrons. The Morgan fingerprint density at radius 1 is 1.29 bits per heavy atom. The molecule has 1 fully saturated rings. The van der Waals surface area contributed by atoms with Gasteiger partial charge >= 0.3 is 0 Å². The molecule has 0 bridgehead atoms. The number of aromatic nitrogens is 1. The lowest BCUT2D eigenvalue weighted by Crippen LogP contribution is -2.30. The largest absolute Gasteiger partial charge is 0.357 e. The van der Waals surface area contributed by atoms with Crippen molar-refractivity contribution in [2.24, 2.45) is 5.73 Å². The molecule has 0 aliphatic carbocycles. The fourth-order valence-electron chi connectivity index (χ4n) is 2.47. The first-order valence-electron chi connectivity index (χ1n) is 6.70. The fourth-order valence-corrected chi connectivity index (χ4v) is 2.47. The van der Waals surface area contributed by atoms with Gasteiger partial charge in [0.2, 0.25) is 0 Å². The van der Waals surface area contributed by atoms with E-state index in [1.54, 1.807) is 0 Å². The maximum absolute atomic E-state index is 6.07. The van der Waals surface area contributed by atoms with Crippen molar-refractivity contribution >= 4 is 5.82 Å². The van der Waals surface area contributed by atoms with Crippen LogP contribution < -0.4 is 10.6 Å². The first-order valence-corrected chi connectivity index (χ1v) is 6.70. The second-order valence-electron chi connectivity index (χ2n) is 4.91. The van der Waals surface area contributed by atoms with E-state index in [0.717, 1.165) is 31.0 Å². The van der Waals surface area contributed by atoms with E-state index in [1.807, 2.05) is 0 Å². The monoisotopic (exact) mass is 233 g/mol. The molecule has 1 atom stereocenters. The number of nitrogens with two attached hydrogens (primary N) is 1. The van der Waals surface area contributed by atoms with Crippen LogP contribution in [0.2, 0.25) is 0 Å². The second-order valence-corrected chi connectivity index (χ2v) is 4.91. The molecule has 0 unspecified atom stereocenters. The summed E-state index contributed by atoms with van der Waals surface area (Å²) in [4.78, 5) is 7.10. The number of nitrogens with zero attached hydrogens (tertiary/aromatic N) is 2. The van der Waals surface area contributed by atoms with Crippen molar-refractivity contribution in [1.82, 2.24) is 4.98 Å². The molecule has 0 aromatic carbocycles. The van der Waals surface area contributed by atoms with Crippen LogP contribution in [0.3, 0.4) is 0 Å². The van der Waals surface area contributed by atoms with Gasteiger partial charge in [0.05, 0.1) is 0 Å². The summed E-state index contributed by atoms with van der Waals surface area (Å²) < 4.78 is 0. The van der Waals surface area contributed by atoms with Crippen LogP contribution in [0.1, 0.15) is 49.9 Å². The zero-order chi connectivity index (χ0) is 12.3. The summed E-state index contributed by atoms with van der Waals surface area (Å²) in [6.07, 6.45) is 4.90. The molecular formula is C14H23N3. The van der Waals surface area contributed by atoms with Gasteiger partial charge in [-0.05, 0) is 44.2 Å². The van der Waals surface area contributed by atoms with Gasteiger partial charge < -0.3 is 10.6 Å². The van der Waals surface area contributed by atoms with E-state index >= 15 is 0 Å². The summed E-state index contributed by atoms with van der Waals surface area (Å²) in [5.41, 5.74) is 8.34. The van der Waals surface area contributed by atoms with Gasteiger partial charge in [-0.3, -0.25) is 0 Å². The third-order valence-electron chi connectivity index (χ3n) is 3.63. The molecular weight excluding hydrogens is 210 g/mol. The van der Waals surface area contributed by atoms with Crippen molar-refractivity contribution in [2.45, 2.75) is 45.6 Å². The van der Waals surface area contributed by atoms with Gasteiger partial charge in [0.25, 0.3) is 0 Å². The summed E-state index contributed by atoms with van der Waals surface area (Å²) in [5, 5.41) is 0. The highest BCUT2D eigenvalue weighted by Gasteiger charge is 2.14. The topological polar surface area (TPSA) is 42.1 Å². The van der Waals surface area contributed by atoms with E-state index < -0.39 is 0 Å². The average molecular weight is 233 g/mol. The number of anilines is 1. The number of rotatable bonds is 3. The van der Waals surface area contributed by atoms with Crippen molar-refractivity contribution in [2.75, 3.05) is 18.0 Å². The number of aryl methyl sites for hydroxylation is 1. The van der Waals surface area contributed by atoms with Crippen LogP contribution in [-0.2, 0) is 0 Å². The van der Waals surface area contributed by atoms with E-state index in [9.17, 15) is 0 Å². The van der Waals surface area contributed by atoms with Crippen LogP contribution in [0, 0.1) is 6.92 Å². The minimum Gasteiger partial charge on any atom is -0.357 e. The molecule has 2 heterocycles. The van der Waals surface area contributed by atoms with Crippen LogP contribution >= 0.6 is 0 Å². The van der Waals surface area contributed by atoms with Gasteiger partial charge in [-0.2, -0.15) is 0 Å². The highest BCUT2D eigenvalue weighted by molar-refractivity contribution is 5.42. The standard InChI is InChI=1S/C14H23N3/c1-3-13(15)12-7-8-14(16-11(12)2)17-9-5-4-6-10-17/h7-8,13H,3-6,9-10,15H2,1-2H3/t13-/m1/s1. The first-order chi connectivity index (χ1) is 8.22. The Kier molecular flexibility index (Phi) is 4.00. The molecule has 2 N–H and O–H groups in total. The van der Waals surface area contributed by atoms with E-state index in [4.69, 9.17) is 10.7 Å². The third kappa shape index (κ3) is 2.78. The first kappa shape index (κ1) is 12.4. The van der Waals surface area contributed by atoms with Gasteiger partial charge in [0, 0.05) is 24.8 Å². The Morgan fingerprint density at radius 2 is 2.00 bits per heavy atom. The van der Waals surface area contributed by atoms with Crippen molar-refractivity contribution in [3.8, 4) is 0 Å². The molecule has 2 rings (SSSR count). The predicted octanol–water partition coefficient (Wildman–Crippen LogP) is 2.79. The number of piperidine rings is 1. The normalized spacial score (nSPS) is 18.2. The zero-order valence-corrected chi connectivity index (χ0v) is 10.9. The predicted molar refractivity (Wildman–Crippen MR) is 72.3 cm³/mol. The Morgan fingerprint density at radius 3 is 2.59 bits per heavy atom. The van der Waals surface area contributed by atoms with Crippen LogP contribution in [0.5, 0.6) is 0 Å². The van der Waals surface area contributed by atoms with Gasteiger partial charge in [0.1, 0.15) is 5.82 Å². The van der Waals surface area contributed by atoms with E-state index in [0.29, 0.717) is 0 Å². The van der Waals surface area contributed by atoms with Gasteiger partial charge in [-0.1, -0.05) is 13.0 Å². The summed E-state index contributed by atoms with van der Waals surface area (Å²) >= 11 is 0. The van der Waals surface area contributed by atoms with Crippen LogP contribution in [0.15, 0.2) is 12.1 Å². The van der Waals surface area contributed by atoms with Gasteiger partial charge in [0.15, 0.2) is 0 Å². The molecule has 94 valence electrons. The summed E-state index contributed by atoms with van der Waals surface area (Å²) in [6.45, 7) is 6.47. The quantitative estimate of drug-likeness (QED) is 0.873. The maximum Gasteiger partial charge on any atom is 0.128 e. The molecule has 1 aromatic rings.